The van der Waals surface area contributed by atoms with Gasteiger partial charge in [-0.25, -0.2) is 0 Å². The number of hydrogen-bond acceptors (Lipinski definition) is 2. The first-order chi connectivity index (χ1) is 16.2. The Bertz CT molecular complexity index is 1120. The molecular weight excluding hydrogens is 423 g/mol. The summed E-state index contributed by atoms with van der Waals surface area (Å²) in [4.78, 5) is 0. The second kappa shape index (κ2) is 9.90. The molecule has 2 nitrogen and oxygen atoms in total. The zero-order valence-electron chi connectivity index (χ0n) is 19.5. The molecule has 2 fully saturated rings. The van der Waals surface area contributed by atoms with E-state index in [-0.39, 0.29) is 5.75 Å². The van der Waals surface area contributed by atoms with Gasteiger partial charge < -0.3 is 9.67 Å². The van der Waals surface area contributed by atoms with E-state index in [2.05, 4.69) is 42.5 Å². The fraction of sp³-hybridized carbons (Fsp3) is 0.400. The SMILES string of the molecule is O=P(c1ccccc1-c1cccc(-c2ccccc2O)c1)(C1CCCCC1)C1CCCCC1. The number of aromatic hydroxyl groups is 1. The Kier molecular flexibility index (Phi) is 6.74. The second-order valence-electron chi connectivity index (χ2n) is 9.91. The summed E-state index contributed by atoms with van der Waals surface area (Å²) in [6.07, 6.45) is 11.9. The van der Waals surface area contributed by atoms with Crippen LogP contribution in [0.3, 0.4) is 0 Å². The molecule has 0 heterocycles. The minimum atomic E-state index is -2.57. The first kappa shape index (κ1) is 22.5. The van der Waals surface area contributed by atoms with Crippen LogP contribution in [0.15, 0.2) is 72.8 Å². The van der Waals surface area contributed by atoms with Crippen molar-refractivity contribution in [1.82, 2.24) is 0 Å². The number of rotatable bonds is 5. The molecule has 33 heavy (non-hydrogen) atoms. The Morgan fingerprint density at radius 2 is 1.12 bits per heavy atom. The summed E-state index contributed by atoms with van der Waals surface area (Å²) in [7, 11) is -2.57. The van der Waals surface area contributed by atoms with E-state index in [1.807, 2.05) is 24.3 Å². The van der Waals surface area contributed by atoms with Gasteiger partial charge in [-0.3, -0.25) is 0 Å². The average Bonchev–Trinajstić information content (AvgIpc) is 2.89. The molecule has 0 saturated heterocycles. The normalized spacial score (nSPS) is 18.3. The number of para-hydroxylation sites is 1. The van der Waals surface area contributed by atoms with E-state index in [1.165, 1.54) is 38.5 Å². The first-order valence-corrected chi connectivity index (χ1v) is 14.6. The lowest BCUT2D eigenvalue weighted by Crippen LogP contribution is -2.30. The molecule has 0 atom stereocenters. The van der Waals surface area contributed by atoms with Crippen molar-refractivity contribution >= 4 is 12.4 Å². The van der Waals surface area contributed by atoms with Crippen molar-refractivity contribution in [1.29, 1.82) is 0 Å². The molecule has 0 bridgehead atoms. The fourth-order valence-corrected chi connectivity index (χ4v) is 10.8. The largest absolute Gasteiger partial charge is 0.507 e. The van der Waals surface area contributed by atoms with Gasteiger partial charge in [0.05, 0.1) is 0 Å². The maximum absolute atomic E-state index is 15.3. The molecule has 3 heteroatoms. The number of phenolic OH excluding ortho intramolecular Hbond substituents is 1. The Morgan fingerprint density at radius 1 is 0.606 bits per heavy atom. The van der Waals surface area contributed by atoms with Crippen LogP contribution < -0.4 is 5.30 Å². The van der Waals surface area contributed by atoms with Crippen molar-refractivity contribution < 1.29 is 9.67 Å². The summed E-state index contributed by atoms with van der Waals surface area (Å²) in [5, 5.41) is 11.5. The maximum Gasteiger partial charge on any atom is 0.123 e. The summed E-state index contributed by atoms with van der Waals surface area (Å²) in [6.45, 7) is 0. The molecule has 0 radical (unpaired) electrons. The lowest BCUT2D eigenvalue weighted by Gasteiger charge is -2.39. The molecular formula is C30H35O2P. The van der Waals surface area contributed by atoms with Crippen LogP contribution in [0.1, 0.15) is 64.2 Å². The Hall–Kier alpha value is -2.31. The predicted octanol–water partition coefficient (Wildman–Crippen LogP) is 8.38. The summed E-state index contributed by atoms with van der Waals surface area (Å²) >= 11 is 0. The van der Waals surface area contributed by atoms with E-state index in [4.69, 9.17) is 0 Å². The van der Waals surface area contributed by atoms with Crippen LogP contribution in [-0.4, -0.2) is 16.4 Å². The van der Waals surface area contributed by atoms with Gasteiger partial charge >= 0.3 is 0 Å². The van der Waals surface area contributed by atoms with Crippen LogP contribution in [0.25, 0.3) is 22.3 Å². The highest BCUT2D eigenvalue weighted by molar-refractivity contribution is 7.73. The molecule has 0 spiro atoms. The van der Waals surface area contributed by atoms with Crippen LogP contribution in [0.5, 0.6) is 5.75 Å². The molecule has 1 N–H and O–H groups in total. The Morgan fingerprint density at radius 3 is 1.73 bits per heavy atom. The fourth-order valence-electron chi connectivity index (χ4n) is 6.22. The van der Waals surface area contributed by atoms with Gasteiger partial charge in [0.1, 0.15) is 12.9 Å². The molecule has 0 amide bonds. The smallest absolute Gasteiger partial charge is 0.123 e. The number of hydrogen-bond donors (Lipinski definition) is 1. The lowest BCUT2D eigenvalue weighted by molar-refractivity contribution is 0.453. The number of benzene rings is 3. The molecule has 172 valence electrons. The highest BCUT2D eigenvalue weighted by Gasteiger charge is 2.43. The zero-order chi connectivity index (χ0) is 22.7. The van der Waals surface area contributed by atoms with Crippen molar-refractivity contribution in [2.24, 2.45) is 0 Å². The van der Waals surface area contributed by atoms with Crippen LogP contribution in [0.4, 0.5) is 0 Å². The summed E-state index contributed by atoms with van der Waals surface area (Å²) < 4.78 is 15.3. The average molecular weight is 459 g/mol. The monoisotopic (exact) mass is 458 g/mol. The van der Waals surface area contributed by atoms with Crippen molar-refractivity contribution in [3.05, 3.63) is 72.8 Å². The maximum atomic E-state index is 15.3. The lowest BCUT2D eigenvalue weighted by atomic mass is 9.98. The quantitative estimate of drug-likeness (QED) is 0.390. The molecule has 2 aliphatic rings. The highest BCUT2D eigenvalue weighted by Crippen LogP contribution is 2.62. The molecule has 0 unspecified atom stereocenters. The van der Waals surface area contributed by atoms with E-state index in [1.54, 1.807) is 6.07 Å². The van der Waals surface area contributed by atoms with Gasteiger partial charge in [-0.15, -0.1) is 0 Å². The van der Waals surface area contributed by atoms with E-state index in [9.17, 15) is 5.11 Å². The van der Waals surface area contributed by atoms with Crippen molar-refractivity contribution in [2.45, 2.75) is 75.5 Å². The van der Waals surface area contributed by atoms with E-state index < -0.39 is 7.14 Å². The minimum absolute atomic E-state index is 0.290. The van der Waals surface area contributed by atoms with Gasteiger partial charge in [-0.05, 0) is 54.5 Å². The van der Waals surface area contributed by atoms with Crippen LogP contribution in [-0.2, 0) is 4.57 Å². The van der Waals surface area contributed by atoms with Gasteiger partial charge in [0.25, 0.3) is 0 Å². The predicted molar refractivity (Wildman–Crippen MR) is 140 cm³/mol. The van der Waals surface area contributed by atoms with Crippen LogP contribution >= 0.6 is 7.14 Å². The van der Waals surface area contributed by atoms with E-state index in [0.717, 1.165) is 53.2 Å². The summed E-state index contributed by atoms with van der Waals surface area (Å²) in [5.41, 5.74) is 4.70. The standard InChI is InChI=1S/C30H35O2P/c31-29-20-9-7-18-27(29)23-12-11-13-24(22-23)28-19-8-10-21-30(28)33(32,25-14-3-1-4-15-25)26-16-5-2-6-17-26/h7-13,18-22,25-26,31H,1-6,14-17H2. The molecule has 3 aromatic carbocycles. The summed E-state index contributed by atoms with van der Waals surface area (Å²) in [5.74, 6) is 0.290. The molecule has 0 aromatic heterocycles. The molecule has 0 aliphatic heterocycles. The molecule has 5 rings (SSSR count). The van der Waals surface area contributed by atoms with Gasteiger partial charge in [0.15, 0.2) is 0 Å². The number of phenols is 1. The topological polar surface area (TPSA) is 37.3 Å². The Labute approximate surface area is 198 Å². The highest BCUT2D eigenvalue weighted by atomic mass is 31.2. The van der Waals surface area contributed by atoms with Gasteiger partial charge in [-0.2, -0.15) is 0 Å². The second-order valence-corrected chi connectivity index (χ2v) is 13.3. The third-order valence-electron chi connectivity index (χ3n) is 7.90. The van der Waals surface area contributed by atoms with Crippen molar-refractivity contribution in [3.63, 3.8) is 0 Å². The Balaban J connectivity index is 1.62. The zero-order valence-corrected chi connectivity index (χ0v) is 20.4. The molecule has 2 saturated carbocycles. The van der Waals surface area contributed by atoms with Gasteiger partial charge in [0, 0.05) is 22.2 Å². The summed E-state index contributed by atoms with van der Waals surface area (Å²) in [6, 6.07) is 24.4. The van der Waals surface area contributed by atoms with Crippen molar-refractivity contribution in [3.8, 4) is 28.0 Å². The van der Waals surface area contributed by atoms with Gasteiger partial charge in [0.2, 0.25) is 0 Å². The van der Waals surface area contributed by atoms with E-state index >= 15 is 4.57 Å². The first-order valence-electron chi connectivity index (χ1n) is 12.8. The third-order valence-corrected chi connectivity index (χ3v) is 12.2. The van der Waals surface area contributed by atoms with Crippen LogP contribution in [0.2, 0.25) is 0 Å². The third kappa shape index (κ3) is 4.43. The van der Waals surface area contributed by atoms with Crippen LogP contribution in [0, 0.1) is 0 Å². The van der Waals surface area contributed by atoms with Gasteiger partial charge in [-0.1, -0.05) is 99.2 Å². The van der Waals surface area contributed by atoms with E-state index in [0.29, 0.717) is 11.3 Å². The molecule has 2 aliphatic carbocycles. The molecule has 3 aromatic rings. The van der Waals surface area contributed by atoms with Crippen molar-refractivity contribution in [2.75, 3.05) is 0 Å². The minimum Gasteiger partial charge on any atom is -0.507 e.